The van der Waals surface area contributed by atoms with Crippen LogP contribution in [0.4, 0.5) is 0 Å². The van der Waals surface area contributed by atoms with Crippen molar-refractivity contribution in [2.75, 3.05) is 0 Å². The van der Waals surface area contributed by atoms with Gasteiger partial charge in [-0.05, 0) is 46.5 Å². The monoisotopic (exact) mass is 346 g/mol. The predicted octanol–water partition coefficient (Wildman–Crippen LogP) is 1.95. The molecule has 1 rings (SSSR count). The number of hydrogen-bond acceptors (Lipinski definition) is 4. The van der Waals surface area contributed by atoms with Crippen molar-refractivity contribution in [3.05, 3.63) is 0 Å². The molecule has 0 aromatic heterocycles. The largest absolute Gasteiger partial charge is 0.353 e. The molecule has 7 heteroatoms. The summed E-state index contributed by atoms with van der Waals surface area (Å²) in [4.78, 5) is 24.1. The highest BCUT2D eigenvalue weighted by atomic mass is 32.2. The molecule has 0 aliphatic heterocycles. The van der Waals surface area contributed by atoms with Gasteiger partial charge in [0.15, 0.2) is 0 Å². The SMILES string of the molecule is CC(C)(C)C(=O)N[C@H]1CC[C@@H](C(=O)NS(=O)(=O)C(C)(C)C)CC1. The van der Waals surface area contributed by atoms with Gasteiger partial charge in [0, 0.05) is 17.4 Å². The standard InChI is InChI=1S/C16H30N2O4S/c1-15(2,3)14(20)17-12-9-7-11(8-10-12)13(19)18-23(21,22)16(4,5)6/h11-12H,7-10H2,1-6H3,(H,17,20)(H,18,19)/t11-,12+. The molecule has 23 heavy (non-hydrogen) atoms. The first-order valence-corrected chi connectivity index (χ1v) is 9.59. The molecule has 1 saturated carbocycles. The minimum Gasteiger partial charge on any atom is -0.353 e. The Morgan fingerprint density at radius 3 is 1.78 bits per heavy atom. The molecular weight excluding hydrogens is 316 g/mol. The average molecular weight is 346 g/mol. The number of rotatable bonds is 3. The molecule has 0 heterocycles. The van der Waals surface area contributed by atoms with Crippen LogP contribution in [0.15, 0.2) is 0 Å². The summed E-state index contributed by atoms with van der Waals surface area (Å²) in [5, 5.41) is 3.00. The van der Waals surface area contributed by atoms with Crippen molar-refractivity contribution in [3.8, 4) is 0 Å². The van der Waals surface area contributed by atoms with Gasteiger partial charge in [-0.25, -0.2) is 8.42 Å². The maximum absolute atomic E-state index is 12.2. The molecule has 134 valence electrons. The fraction of sp³-hybridized carbons (Fsp3) is 0.875. The van der Waals surface area contributed by atoms with E-state index in [0.717, 1.165) is 0 Å². The molecule has 1 aliphatic carbocycles. The molecule has 1 fully saturated rings. The van der Waals surface area contributed by atoms with Gasteiger partial charge in [0.25, 0.3) is 0 Å². The zero-order valence-corrected chi connectivity index (χ0v) is 15.8. The van der Waals surface area contributed by atoms with E-state index in [1.165, 1.54) is 0 Å². The third kappa shape index (κ3) is 5.48. The Balaban J connectivity index is 2.54. The van der Waals surface area contributed by atoms with Crippen LogP contribution >= 0.6 is 0 Å². The second-order valence-corrected chi connectivity index (χ2v) is 10.8. The molecule has 2 N–H and O–H groups in total. The first kappa shape index (κ1) is 19.9. The van der Waals surface area contributed by atoms with E-state index >= 15 is 0 Å². The molecule has 0 saturated heterocycles. The molecule has 0 bridgehead atoms. The van der Waals surface area contributed by atoms with Crippen LogP contribution in [0.2, 0.25) is 0 Å². The summed E-state index contributed by atoms with van der Waals surface area (Å²) in [6.45, 7) is 10.3. The van der Waals surface area contributed by atoms with Crippen LogP contribution in [-0.2, 0) is 19.6 Å². The van der Waals surface area contributed by atoms with E-state index < -0.39 is 26.1 Å². The van der Waals surface area contributed by atoms with Crippen molar-refractivity contribution in [2.24, 2.45) is 11.3 Å². The second-order valence-electron chi connectivity index (χ2n) is 8.35. The molecule has 0 spiro atoms. The molecule has 2 amide bonds. The molecule has 0 aromatic carbocycles. The average Bonchev–Trinajstić information content (AvgIpc) is 2.36. The van der Waals surface area contributed by atoms with E-state index in [1.54, 1.807) is 20.8 Å². The molecule has 0 aromatic rings. The lowest BCUT2D eigenvalue weighted by atomic mass is 9.85. The summed E-state index contributed by atoms with van der Waals surface area (Å²) in [5.41, 5.74) is -0.436. The highest BCUT2D eigenvalue weighted by molar-refractivity contribution is 7.91. The van der Waals surface area contributed by atoms with E-state index in [2.05, 4.69) is 10.0 Å². The molecule has 0 atom stereocenters. The molecule has 0 radical (unpaired) electrons. The van der Waals surface area contributed by atoms with Crippen LogP contribution in [0.5, 0.6) is 0 Å². The highest BCUT2D eigenvalue weighted by Gasteiger charge is 2.35. The Labute approximate surface area is 139 Å². The summed E-state index contributed by atoms with van der Waals surface area (Å²) in [6.07, 6.45) is 2.55. The van der Waals surface area contributed by atoms with Crippen molar-refractivity contribution in [1.29, 1.82) is 0 Å². The quantitative estimate of drug-likeness (QED) is 0.817. The van der Waals surface area contributed by atoms with Crippen molar-refractivity contribution in [2.45, 2.75) is 78.0 Å². The number of carbonyl (C=O) groups excluding carboxylic acids is 2. The fourth-order valence-corrected chi connectivity index (χ4v) is 3.01. The lowest BCUT2D eigenvalue weighted by Gasteiger charge is -2.31. The maximum atomic E-state index is 12.2. The Kier molecular flexibility index (Phi) is 5.88. The first-order valence-electron chi connectivity index (χ1n) is 8.11. The zero-order chi connectivity index (χ0) is 18.1. The van der Waals surface area contributed by atoms with Crippen LogP contribution in [0.3, 0.4) is 0 Å². The fourth-order valence-electron chi connectivity index (χ4n) is 2.27. The van der Waals surface area contributed by atoms with E-state index in [4.69, 9.17) is 0 Å². The van der Waals surface area contributed by atoms with Crippen molar-refractivity contribution >= 4 is 21.8 Å². The Bertz CT molecular complexity index is 548. The zero-order valence-electron chi connectivity index (χ0n) is 15.0. The van der Waals surface area contributed by atoms with Gasteiger partial charge in [-0.15, -0.1) is 0 Å². The molecule has 0 unspecified atom stereocenters. The first-order chi connectivity index (χ1) is 10.2. The maximum Gasteiger partial charge on any atom is 0.239 e. The Morgan fingerprint density at radius 1 is 0.913 bits per heavy atom. The summed E-state index contributed by atoms with van der Waals surface area (Å²) in [7, 11) is -3.67. The number of amides is 2. The van der Waals surface area contributed by atoms with E-state index in [1.807, 2.05) is 20.8 Å². The van der Waals surface area contributed by atoms with E-state index in [0.29, 0.717) is 25.7 Å². The number of hydrogen-bond donors (Lipinski definition) is 2. The normalized spacial score (nSPS) is 23.2. The third-order valence-corrected chi connectivity index (χ3v) is 6.24. The van der Waals surface area contributed by atoms with Gasteiger partial charge >= 0.3 is 0 Å². The number of sulfonamides is 1. The summed E-state index contributed by atoms with van der Waals surface area (Å²) in [6, 6.07) is 0.0602. The van der Waals surface area contributed by atoms with Gasteiger partial charge in [-0.3, -0.25) is 14.3 Å². The van der Waals surface area contributed by atoms with Crippen LogP contribution in [0.25, 0.3) is 0 Å². The van der Waals surface area contributed by atoms with E-state index in [9.17, 15) is 18.0 Å². The Hall–Kier alpha value is -1.11. The number of nitrogens with one attached hydrogen (secondary N) is 2. The molecule has 6 nitrogen and oxygen atoms in total. The predicted molar refractivity (Wildman–Crippen MR) is 90.2 cm³/mol. The van der Waals surface area contributed by atoms with Gasteiger partial charge in [0.05, 0.1) is 4.75 Å². The van der Waals surface area contributed by atoms with Crippen molar-refractivity contribution in [3.63, 3.8) is 0 Å². The number of carbonyl (C=O) groups is 2. The lowest BCUT2D eigenvalue weighted by molar-refractivity contribution is -0.129. The smallest absolute Gasteiger partial charge is 0.239 e. The minimum atomic E-state index is -3.67. The van der Waals surface area contributed by atoms with Crippen molar-refractivity contribution in [1.82, 2.24) is 10.0 Å². The minimum absolute atomic E-state index is 0.000659. The molecule has 1 aliphatic rings. The van der Waals surface area contributed by atoms with Gasteiger partial charge in [0.1, 0.15) is 0 Å². The van der Waals surface area contributed by atoms with Gasteiger partial charge in [-0.2, -0.15) is 0 Å². The van der Waals surface area contributed by atoms with Crippen LogP contribution < -0.4 is 10.0 Å². The Morgan fingerprint density at radius 2 is 1.39 bits per heavy atom. The van der Waals surface area contributed by atoms with E-state index in [-0.39, 0.29) is 17.9 Å². The van der Waals surface area contributed by atoms with Crippen molar-refractivity contribution < 1.29 is 18.0 Å². The highest BCUT2D eigenvalue weighted by Crippen LogP contribution is 2.26. The summed E-state index contributed by atoms with van der Waals surface area (Å²) < 4.78 is 25.3. The second kappa shape index (κ2) is 6.79. The third-order valence-electron chi connectivity index (χ3n) is 4.16. The van der Waals surface area contributed by atoms with Gasteiger partial charge in [0.2, 0.25) is 21.8 Å². The molecular formula is C16H30N2O4S. The lowest BCUT2D eigenvalue weighted by Crippen LogP contribution is -2.47. The van der Waals surface area contributed by atoms with Crippen LogP contribution in [-0.4, -0.2) is 31.0 Å². The topological polar surface area (TPSA) is 92.3 Å². The summed E-state index contributed by atoms with van der Waals surface area (Å²) in [5.74, 6) is -0.740. The van der Waals surface area contributed by atoms with Gasteiger partial charge < -0.3 is 5.32 Å². The van der Waals surface area contributed by atoms with Gasteiger partial charge in [-0.1, -0.05) is 20.8 Å². The van der Waals surface area contributed by atoms with Crippen LogP contribution in [0, 0.1) is 11.3 Å². The summed E-state index contributed by atoms with van der Waals surface area (Å²) >= 11 is 0. The van der Waals surface area contributed by atoms with Crippen LogP contribution in [0.1, 0.15) is 67.2 Å².